The van der Waals surface area contributed by atoms with Crippen LogP contribution in [0.15, 0.2) is 41.4 Å². The fourth-order valence-electron chi connectivity index (χ4n) is 2.19. The Kier molecular flexibility index (Phi) is 3.25. The molecule has 3 aromatic rings. The van der Waals surface area contributed by atoms with Crippen LogP contribution < -0.4 is 0 Å². The third-order valence-electron chi connectivity index (χ3n) is 3.42. The first-order chi connectivity index (χ1) is 10.3. The summed E-state index contributed by atoms with van der Waals surface area (Å²) >= 11 is 0. The fourth-order valence-corrected chi connectivity index (χ4v) is 3.48. The van der Waals surface area contributed by atoms with Crippen LogP contribution >= 0.6 is 0 Å². The van der Waals surface area contributed by atoms with Gasteiger partial charge >= 0.3 is 0 Å². The molecule has 0 aliphatic rings. The largest absolute Gasteiger partial charge is 0.269 e. The number of pyridine rings is 1. The van der Waals surface area contributed by atoms with Crippen molar-refractivity contribution in [2.24, 2.45) is 0 Å². The Balaban J connectivity index is 2.28. The predicted molar refractivity (Wildman–Crippen MR) is 78.1 cm³/mol. The standard InChI is InChI=1S/C15H12F2N2O2S/c1-9-3-5-11(6-4-9)22(20,21)19-8-7-12-14(17)13(16)10(2)18-15(12)19/h3-8H,1-2H3. The summed E-state index contributed by atoms with van der Waals surface area (Å²) in [5.74, 6) is -2.17. The lowest BCUT2D eigenvalue weighted by Crippen LogP contribution is -2.13. The minimum atomic E-state index is -3.92. The molecule has 2 heterocycles. The molecule has 114 valence electrons. The quantitative estimate of drug-likeness (QED) is 0.728. The van der Waals surface area contributed by atoms with Gasteiger partial charge in [-0.05, 0) is 32.0 Å². The van der Waals surface area contributed by atoms with E-state index in [9.17, 15) is 17.2 Å². The highest BCUT2D eigenvalue weighted by atomic mass is 32.2. The van der Waals surface area contributed by atoms with Gasteiger partial charge in [-0.1, -0.05) is 17.7 Å². The number of hydrogen-bond donors (Lipinski definition) is 0. The predicted octanol–water partition coefficient (Wildman–Crippen LogP) is 3.17. The molecular formula is C15H12F2N2O2S. The van der Waals surface area contributed by atoms with E-state index in [1.54, 1.807) is 12.1 Å². The zero-order valence-corrected chi connectivity index (χ0v) is 12.7. The van der Waals surface area contributed by atoms with Crippen molar-refractivity contribution in [2.75, 3.05) is 0 Å². The zero-order chi connectivity index (χ0) is 16.1. The van der Waals surface area contributed by atoms with Crippen molar-refractivity contribution >= 4 is 21.1 Å². The maximum atomic E-state index is 13.9. The van der Waals surface area contributed by atoms with Crippen LogP contribution in [0.5, 0.6) is 0 Å². The topological polar surface area (TPSA) is 52.0 Å². The van der Waals surface area contributed by atoms with Crippen LogP contribution in [0.3, 0.4) is 0 Å². The maximum Gasteiger partial charge on any atom is 0.269 e. The van der Waals surface area contributed by atoms with Crippen molar-refractivity contribution in [3.8, 4) is 0 Å². The number of nitrogens with zero attached hydrogens (tertiary/aromatic N) is 2. The number of aryl methyl sites for hydroxylation is 2. The Morgan fingerprint density at radius 3 is 2.27 bits per heavy atom. The monoisotopic (exact) mass is 322 g/mol. The highest BCUT2D eigenvalue weighted by molar-refractivity contribution is 7.90. The molecule has 0 radical (unpaired) electrons. The fraction of sp³-hybridized carbons (Fsp3) is 0.133. The molecule has 0 amide bonds. The van der Waals surface area contributed by atoms with Crippen LogP contribution in [-0.2, 0) is 10.0 Å². The molecule has 7 heteroatoms. The summed E-state index contributed by atoms with van der Waals surface area (Å²) in [6.45, 7) is 3.12. The molecule has 0 fully saturated rings. The Labute approximate surface area is 126 Å². The van der Waals surface area contributed by atoms with Crippen molar-refractivity contribution in [3.05, 3.63) is 59.4 Å². The van der Waals surface area contributed by atoms with Gasteiger partial charge in [0.25, 0.3) is 10.0 Å². The second-order valence-corrected chi connectivity index (χ2v) is 6.81. The minimum Gasteiger partial charge on any atom is -0.231 e. The lowest BCUT2D eigenvalue weighted by molar-refractivity contribution is 0.506. The van der Waals surface area contributed by atoms with E-state index in [0.29, 0.717) is 0 Å². The van der Waals surface area contributed by atoms with Crippen molar-refractivity contribution in [3.63, 3.8) is 0 Å². The van der Waals surface area contributed by atoms with Crippen LogP contribution in [0.1, 0.15) is 11.3 Å². The van der Waals surface area contributed by atoms with E-state index in [0.717, 1.165) is 9.54 Å². The summed E-state index contributed by atoms with van der Waals surface area (Å²) in [7, 11) is -3.92. The number of rotatable bonds is 2. The first-order valence-corrected chi connectivity index (χ1v) is 7.91. The molecule has 0 aliphatic heterocycles. The van der Waals surface area contributed by atoms with Gasteiger partial charge in [0.2, 0.25) is 0 Å². The van der Waals surface area contributed by atoms with Crippen molar-refractivity contribution < 1.29 is 17.2 Å². The number of halogens is 2. The lowest BCUT2D eigenvalue weighted by Gasteiger charge is -2.08. The molecule has 3 rings (SSSR count). The first kappa shape index (κ1) is 14.6. The molecule has 22 heavy (non-hydrogen) atoms. The number of benzene rings is 1. The van der Waals surface area contributed by atoms with Gasteiger partial charge in [0.15, 0.2) is 17.3 Å². The van der Waals surface area contributed by atoms with Crippen molar-refractivity contribution in [1.82, 2.24) is 8.96 Å². The van der Waals surface area contributed by atoms with Crippen LogP contribution in [0.2, 0.25) is 0 Å². The molecule has 0 saturated heterocycles. The normalized spacial score (nSPS) is 12.0. The van der Waals surface area contributed by atoms with Gasteiger partial charge in [0.1, 0.15) is 0 Å². The summed E-state index contributed by atoms with van der Waals surface area (Å²) in [6, 6.07) is 7.45. The minimum absolute atomic E-state index is 0.0554. The molecule has 1 aromatic carbocycles. The van der Waals surface area contributed by atoms with E-state index >= 15 is 0 Å². The molecule has 0 N–H and O–H groups in total. The van der Waals surface area contributed by atoms with Crippen LogP contribution in [-0.4, -0.2) is 17.4 Å². The van der Waals surface area contributed by atoms with Crippen LogP contribution in [0, 0.1) is 25.5 Å². The van der Waals surface area contributed by atoms with Gasteiger partial charge in [0.05, 0.1) is 16.0 Å². The van der Waals surface area contributed by atoms with Gasteiger partial charge in [-0.25, -0.2) is 26.2 Å². The number of aromatic nitrogens is 2. The molecule has 0 saturated carbocycles. The van der Waals surface area contributed by atoms with E-state index < -0.39 is 21.7 Å². The Morgan fingerprint density at radius 1 is 1.00 bits per heavy atom. The SMILES string of the molecule is Cc1ccc(S(=O)(=O)n2ccc3c(F)c(F)c(C)nc32)cc1. The third-order valence-corrected chi connectivity index (χ3v) is 5.10. The van der Waals surface area contributed by atoms with Crippen molar-refractivity contribution in [1.29, 1.82) is 0 Å². The summed E-state index contributed by atoms with van der Waals surface area (Å²) < 4.78 is 53.6. The molecule has 0 bridgehead atoms. The van der Waals surface area contributed by atoms with Gasteiger partial charge in [-0.15, -0.1) is 0 Å². The van der Waals surface area contributed by atoms with E-state index in [2.05, 4.69) is 4.98 Å². The van der Waals surface area contributed by atoms with E-state index in [-0.39, 0.29) is 21.6 Å². The maximum absolute atomic E-state index is 13.9. The molecule has 0 atom stereocenters. The molecule has 0 spiro atoms. The summed E-state index contributed by atoms with van der Waals surface area (Å²) in [5, 5.41) is -0.168. The average molecular weight is 322 g/mol. The highest BCUT2D eigenvalue weighted by Crippen LogP contribution is 2.25. The van der Waals surface area contributed by atoms with Crippen LogP contribution in [0.25, 0.3) is 11.0 Å². The highest BCUT2D eigenvalue weighted by Gasteiger charge is 2.23. The number of hydrogen-bond acceptors (Lipinski definition) is 3. The van der Waals surface area contributed by atoms with Crippen molar-refractivity contribution in [2.45, 2.75) is 18.7 Å². The number of fused-ring (bicyclic) bond motifs is 1. The molecule has 0 unspecified atom stereocenters. The smallest absolute Gasteiger partial charge is 0.231 e. The lowest BCUT2D eigenvalue weighted by atomic mass is 10.2. The third kappa shape index (κ3) is 2.09. The summed E-state index contributed by atoms with van der Waals surface area (Å²) in [5.41, 5.74) is 0.597. The Bertz CT molecular complexity index is 977. The zero-order valence-electron chi connectivity index (χ0n) is 11.8. The van der Waals surface area contributed by atoms with Crippen LogP contribution in [0.4, 0.5) is 8.78 Å². The summed E-state index contributed by atoms with van der Waals surface area (Å²) in [6.07, 6.45) is 1.18. The second kappa shape index (κ2) is 4.88. The van der Waals surface area contributed by atoms with E-state index in [1.165, 1.54) is 31.3 Å². The summed E-state index contributed by atoms with van der Waals surface area (Å²) in [4.78, 5) is 3.93. The van der Waals surface area contributed by atoms with Gasteiger partial charge in [-0.2, -0.15) is 0 Å². The molecule has 0 aliphatic carbocycles. The molecule has 2 aromatic heterocycles. The molecule has 4 nitrogen and oxygen atoms in total. The molecular weight excluding hydrogens is 310 g/mol. The van der Waals surface area contributed by atoms with Gasteiger partial charge in [-0.3, -0.25) is 0 Å². The van der Waals surface area contributed by atoms with E-state index in [4.69, 9.17) is 0 Å². The Hall–Kier alpha value is -2.28. The van der Waals surface area contributed by atoms with Gasteiger partial charge in [0, 0.05) is 6.20 Å². The average Bonchev–Trinajstić information content (AvgIpc) is 2.90. The second-order valence-electron chi connectivity index (χ2n) is 4.99. The Morgan fingerprint density at radius 2 is 1.64 bits per heavy atom. The van der Waals surface area contributed by atoms with E-state index in [1.807, 2.05) is 6.92 Å². The first-order valence-electron chi connectivity index (χ1n) is 6.47. The van der Waals surface area contributed by atoms with Gasteiger partial charge < -0.3 is 0 Å².